The van der Waals surface area contributed by atoms with E-state index in [1.54, 1.807) is 0 Å². The van der Waals surface area contributed by atoms with Crippen molar-refractivity contribution in [2.45, 2.75) is 64.0 Å². The van der Waals surface area contributed by atoms with Crippen LogP contribution in [0.5, 0.6) is 0 Å². The third kappa shape index (κ3) is 3.77. The Hall–Kier alpha value is -0.590. The zero-order valence-electron chi connectivity index (χ0n) is 10.7. The van der Waals surface area contributed by atoms with Crippen LogP contribution in [-0.4, -0.2) is 29.6 Å². The maximum atomic E-state index is 8.99. The third-order valence-electron chi connectivity index (χ3n) is 3.86. The SMILES string of the molecule is CCC(N)(C#N)CCCN1CCCCC1C. The van der Waals surface area contributed by atoms with Gasteiger partial charge in [-0.3, -0.25) is 0 Å². The summed E-state index contributed by atoms with van der Waals surface area (Å²) < 4.78 is 0. The van der Waals surface area contributed by atoms with Gasteiger partial charge in [0.1, 0.15) is 5.54 Å². The van der Waals surface area contributed by atoms with Gasteiger partial charge in [-0.05, 0) is 52.1 Å². The fraction of sp³-hybridized carbons (Fsp3) is 0.923. The highest BCUT2D eigenvalue weighted by Crippen LogP contribution is 2.19. The highest BCUT2D eigenvalue weighted by Gasteiger charge is 2.23. The molecular weight excluding hydrogens is 198 g/mol. The summed E-state index contributed by atoms with van der Waals surface area (Å²) in [7, 11) is 0. The predicted molar refractivity (Wildman–Crippen MR) is 66.9 cm³/mol. The molecule has 0 spiro atoms. The van der Waals surface area contributed by atoms with Gasteiger partial charge in [0.25, 0.3) is 0 Å². The molecule has 1 saturated heterocycles. The second kappa shape index (κ2) is 6.22. The second-order valence-electron chi connectivity index (χ2n) is 5.11. The molecule has 1 aliphatic heterocycles. The largest absolute Gasteiger partial charge is 0.313 e. The van der Waals surface area contributed by atoms with Crippen molar-refractivity contribution in [2.24, 2.45) is 5.73 Å². The van der Waals surface area contributed by atoms with Crippen molar-refractivity contribution >= 4 is 0 Å². The molecule has 0 aromatic carbocycles. The molecule has 2 N–H and O–H groups in total. The van der Waals surface area contributed by atoms with Gasteiger partial charge in [-0.15, -0.1) is 0 Å². The number of rotatable bonds is 5. The van der Waals surface area contributed by atoms with Gasteiger partial charge >= 0.3 is 0 Å². The molecule has 1 aliphatic rings. The molecule has 92 valence electrons. The highest BCUT2D eigenvalue weighted by atomic mass is 15.2. The molecule has 16 heavy (non-hydrogen) atoms. The van der Waals surface area contributed by atoms with Crippen molar-refractivity contribution in [1.29, 1.82) is 5.26 Å². The quantitative estimate of drug-likeness (QED) is 0.778. The van der Waals surface area contributed by atoms with E-state index < -0.39 is 5.54 Å². The van der Waals surface area contributed by atoms with Crippen LogP contribution in [0.3, 0.4) is 0 Å². The number of hydrogen-bond donors (Lipinski definition) is 1. The molecule has 2 unspecified atom stereocenters. The molecule has 3 heteroatoms. The Balaban J connectivity index is 2.27. The van der Waals surface area contributed by atoms with Crippen LogP contribution < -0.4 is 5.73 Å². The maximum absolute atomic E-state index is 8.99. The molecule has 0 aromatic heterocycles. The Kier molecular flexibility index (Phi) is 5.24. The van der Waals surface area contributed by atoms with Gasteiger partial charge in [0.15, 0.2) is 0 Å². The fourth-order valence-electron chi connectivity index (χ4n) is 2.40. The summed E-state index contributed by atoms with van der Waals surface area (Å²) in [6.45, 7) is 6.62. The summed E-state index contributed by atoms with van der Waals surface area (Å²) in [5, 5.41) is 8.99. The fourth-order valence-corrected chi connectivity index (χ4v) is 2.40. The van der Waals surface area contributed by atoms with E-state index in [0.717, 1.165) is 25.8 Å². The van der Waals surface area contributed by atoms with E-state index in [9.17, 15) is 0 Å². The van der Waals surface area contributed by atoms with Crippen LogP contribution in [0.15, 0.2) is 0 Å². The first-order valence-electron chi connectivity index (χ1n) is 6.55. The molecule has 0 radical (unpaired) electrons. The number of piperidine rings is 1. The minimum Gasteiger partial charge on any atom is -0.313 e. The number of likely N-dealkylation sites (tertiary alicyclic amines) is 1. The van der Waals surface area contributed by atoms with Gasteiger partial charge in [-0.1, -0.05) is 13.3 Å². The summed E-state index contributed by atoms with van der Waals surface area (Å²) in [6, 6.07) is 2.95. The zero-order valence-corrected chi connectivity index (χ0v) is 10.7. The average Bonchev–Trinajstić information content (AvgIpc) is 2.31. The number of nitriles is 1. The summed E-state index contributed by atoms with van der Waals surface area (Å²) >= 11 is 0. The van der Waals surface area contributed by atoms with Gasteiger partial charge in [0, 0.05) is 6.04 Å². The van der Waals surface area contributed by atoms with E-state index in [1.165, 1.54) is 25.8 Å². The van der Waals surface area contributed by atoms with E-state index in [1.807, 2.05) is 6.92 Å². The van der Waals surface area contributed by atoms with Gasteiger partial charge < -0.3 is 10.6 Å². The lowest BCUT2D eigenvalue weighted by Crippen LogP contribution is -2.41. The molecule has 0 aromatic rings. The lowest BCUT2D eigenvalue weighted by molar-refractivity contribution is 0.155. The van der Waals surface area contributed by atoms with E-state index in [4.69, 9.17) is 11.0 Å². The highest BCUT2D eigenvalue weighted by molar-refractivity contribution is 5.03. The second-order valence-corrected chi connectivity index (χ2v) is 5.11. The lowest BCUT2D eigenvalue weighted by Gasteiger charge is -2.33. The summed E-state index contributed by atoms with van der Waals surface area (Å²) in [6.07, 6.45) is 6.63. The number of nitrogens with two attached hydrogens (primary N) is 1. The van der Waals surface area contributed by atoms with Crippen LogP contribution in [0.1, 0.15) is 52.4 Å². The van der Waals surface area contributed by atoms with Gasteiger partial charge in [0.2, 0.25) is 0 Å². The van der Waals surface area contributed by atoms with Crippen LogP contribution >= 0.6 is 0 Å². The maximum Gasteiger partial charge on any atom is 0.104 e. The first kappa shape index (κ1) is 13.5. The van der Waals surface area contributed by atoms with Crippen molar-refractivity contribution in [3.05, 3.63) is 0 Å². The predicted octanol–water partition coefficient (Wildman–Crippen LogP) is 2.27. The Morgan fingerprint density at radius 2 is 2.25 bits per heavy atom. The third-order valence-corrected chi connectivity index (χ3v) is 3.86. The Morgan fingerprint density at radius 1 is 1.50 bits per heavy atom. The topological polar surface area (TPSA) is 53.1 Å². The van der Waals surface area contributed by atoms with Gasteiger partial charge in [0.05, 0.1) is 6.07 Å². The van der Waals surface area contributed by atoms with E-state index in [-0.39, 0.29) is 0 Å². The number of hydrogen-bond acceptors (Lipinski definition) is 3. The van der Waals surface area contributed by atoms with Gasteiger partial charge in [-0.2, -0.15) is 5.26 Å². The van der Waals surface area contributed by atoms with Crippen LogP contribution in [0.25, 0.3) is 0 Å². The smallest absolute Gasteiger partial charge is 0.104 e. The number of nitrogens with zero attached hydrogens (tertiary/aromatic N) is 2. The Morgan fingerprint density at radius 3 is 2.81 bits per heavy atom. The van der Waals surface area contributed by atoms with Crippen LogP contribution in [-0.2, 0) is 0 Å². The molecule has 0 amide bonds. The molecule has 1 heterocycles. The van der Waals surface area contributed by atoms with Crippen molar-refractivity contribution < 1.29 is 0 Å². The Labute approximate surface area is 99.6 Å². The van der Waals surface area contributed by atoms with Crippen molar-refractivity contribution in [2.75, 3.05) is 13.1 Å². The van der Waals surface area contributed by atoms with Crippen LogP contribution in [0.4, 0.5) is 0 Å². The molecule has 0 aliphatic carbocycles. The van der Waals surface area contributed by atoms with E-state index in [0.29, 0.717) is 6.04 Å². The van der Waals surface area contributed by atoms with E-state index >= 15 is 0 Å². The van der Waals surface area contributed by atoms with Crippen molar-refractivity contribution in [1.82, 2.24) is 4.90 Å². The van der Waals surface area contributed by atoms with E-state index in [2.05, 4.69) is 17.9 Å². The molecule has 1 fully saturated rings. The summed E-state index contributed by atoms with van der Waals surface area (Å²) in [4.78, 5) is 2.54. The lowest BCUT2D eigenvalue weighted by atomic mass is 9.93. The van der Waals surface area contributed by atoms with Crippen LogP contribution in [0.2, 0.25) is 0 Å². The van der Waals surface area contributed by atoms with Gasteiger partial charge in [-0.25, -0.2) is 0 Å². The first-order chi connectivity index (χ1) is 7.61. The minimum absolute atomic E-state index is 0.598. The molecule has 2 atom stereocenters. The standard InChI is InChI=1S/C13H25N3/c1-3-13(15,11-14)8-6-10-16-9-5-4-7-12(16)2/h12H,3-10,15H2,1-2H3. The van der Waals surface area contributed by atoms with Crippen molar-refractivity contribution in [3.8, 4) is 6.07 Å². The normalized spacial score (nSPS) is 26.0. The average molecular weight is 223 g/mol. The minimum atomic E-state index is -0.598. The molecule has 3 nitrogen and oxygen atoms in total. The zero-order chi connectivity index (χ0) is 12.0. The monoisotopic (exact) mass is 223 g/mol. The first-order valence-corrected chi connectivity index (χ1v) is 6.55. The Bertz CT molecular complexity index is 246. The summed E-state index contributed by atoms with van der Waals surface area (Å²) in [5.41, 5.74) is 5.37. The van der Waals surface area contributed by atoms with Crippen molar-refractivity contribution in [3.63, 3.8) is 0 Å². The molecule has 0 bridgehead atoms. The molecule has 0 saturated carbocycles. The molecule has 1 rings (SSSR count). The van der Waals surface area contributed by atoms with Crippen LogP contribution in [0, 0.1) is 11.3 Å². The molecular formula is C13H25N3. The summed E-state index contributed by atoms with van der Waals surface area (Å²) in [5.74, 6) is 0.